The predicted octanol–water partition coefficient (Wildman–Crippen LogP) is 4.08. The van der Waals surface area contributed by atoms with Crippen LogP contribution >= 0.6 is 27.5 Å². The molecular formula is C16H13BrClFN2O2. The molecule has 23 heavy (non-hydrogen) atoms. The highest BCUT2D eigenvalue weighted by molar-refractivity contribution is 9.10. The lowest BCUT2D eigenvalue weighted by molar-refractivity contribution is -0.123. The van der Waals surface area contributed by atoms with Crippen LogP contribution in [0.2, 0.25) is 5.02 Å². The number of amides is 1. The quantitative estimate of drug-likeness (QED) is 0.608. The molecule has 2 aromatic carbocycles. The van der Waals surface area contributed by atoms with E-state index in [9.17, 15) is 9.18 Å². The van der Waals surface area contributed by atoms with E-state index in [0.29, 0.717) is 15.2 Å². The molecule has 7 heteroatoms. The number of benzene rings is 2. The van der Waals surface area contributed by atoms with E-state index in [0.717, 1.165) is 5.56 Å². The number of carbonyl (C=O) groups excluding carboxylic acids is 1. The number of nitrogens with one attached hydrogen (secondary N) is 1. The summed E-state index contributed by atoms with van der Waals surface area (Å²) in [6, 6.07) is 9.54. The molecule has 0 atom stereocenters. The zero-order valence-electron chi connectivity index (χ0n) is 12.1. The monoisotopic (exact) mass is 398 g/mol. The van der Waals surface area contributed by atoms with E-state index in [-0.39, 0.29) is 12.2 Å². The van der Waals surface area contributed by atoms with Gasteiger partial charge < -0.3 is 4.74 Å². The Morgan fingerprint density at radius 3 is 2.91 bits per heavy atom. The highest BCUT2D eigenvalue weighted by Gasteiger charge is 2.05. The number of carbonyl (C=O) groups is 1. The van der Waals surface area contributed by atoms with Crippen LogP contribution in [-0.4, -0.2) is 18.7 Å². The van der Waals surface area contributed by atoms with Gasteiger partial charge in [-0.3, -0.25) is 4.79 Å². The zero-order chi connectivity index (χ0) is 16.8. The Hall–Kier alpha value is -1.92. The highest BCUT2D eigenvalue weighted by atomic mass is 79.9. The van der Waals surface area contributed by atoms with E-state index < -0.39 is 11.7 Å². The number of rotatable bonds is 5. The molecule has 0 bridgehead atoms. The second kappa shape index (κ2) is 8.08. The van der Waals surface area contributed by atoms with E-state index in [1.807, 2.05) is 6.92 Å². The first-order valence-electron chi connectivity index (χ1n) is 6.61. The van der Waals surface area contributed by atoms with Gasteiger partial charge in [-0.1, -0.05) is 27.5 Å². The third-order valence-electron chi connectivity index (χ3n) is 2.85. The molecule has 0 spiro atoms. The van der Waals surface area contributed by atoms with Crippen molar-refractivity contribution in [1.29, 1.82) is 0 Å². The summed E-state index contributed by atoms with van der Waals surface area (Å²) in [6.45, 7) is 1.62. The fourth-order valence-corrected chi connectivity index (χ4v) is 2.34. The first-order chi connectivity index (χ1) is 11.0. The Morgan fingerprint density at radius 2 is 2.17 bits per heavy atom. The molecule has 0 fully saturated rings. The summed E-state index contributed by atoms with van der Waals surface area (Å²) >= 11 is 9.08. The maximum atomic E-state index is 13.5. The SMILES string of the molecule is Cc1cc(Cl)ccc1OCC(=O)N/N=C\c1cc(Br)ccc1F. The van der Waals surface area contributed by atoms with Crippen LogP contribution in [-0.2, 0) is 4.79 Å². The smallest absolute Gasteiger partial charge is 0.277 e. The Kier molecular flexibility index (Phi) is 6.12. The number of hydrazone groups is 1. The van der Waals surface area contributed by atoms with Crippen LogP contribution in [0.5, 0.6) is 5.75 Å². The van der Waals surface area contributed by atoms with Crippen molar-refractivity contribution >= 4 is 39.7 Å². The summed E-state index contributed by atoms with van der Waals surface area (Å²) < 4.78 is 19.6. The van der Waals surface area contributed by atoms with Crippen molar-refractivity contribution in [2.75, 3.05) is 6.61 Å². The fraction of sp³-hybridized carbons (Fsp3) is 0.125. The Labute approximate surface area is 146 Å². The van der Waals surface area contributed by atoms with Crippen LogP contribution in [0.25, 0.3) is 0 Å². The molecule has 0 saturated heterocycles. The molecular weight excluding hydrogens is 387 g/mol. The molecule has 0 aromatic heterocycles. The largest absolute Gasteiger partial charge is 0.483 e. The Balaban J connectivity index is 1.87. The van der Waals surface area contributed by atoms with Gasteiger partial charge in [-0.15, -0.1) is 0 Å². The number of ether oxygens (including phenoxy) is 1. The molecule has 0 radical (unpaired) electrons. The molecule has 0 aliphatic rings. The number of hydrogen-bond acceptors (Lipinski definition) is 3. The van der Waals surface area contributed by atoms with Crippen molar-refractivity contribution in [3.8, 4) is 5.75 Å². The summed E-state index contributed by atoms with van der Waals surface area (Å²) in [7, 11) is 0. The number of halogens is 3. The van der Waals surface area contributed by atoms with E-state index in [1.165, 1.54) is 12.3 Å². The van der Waals surface area contributed by atoms with Gasteiger partial charge in [0.2, 0.25) is 0 Å². The number of nitrogens with zero attached hydrogens (tertiary/aromatic N) is 1. The van der Waals surface area contributed by atoms with Gasteiger partial charge in [0.05, 0.1) is 6.21 Å². The summed E-state index contributed by atoms with van der Waals surface area (Å²) in [5.41, 5.74) is 3.36. The van der Waals surface area contributed by atoms with Crippen LogP contribution in [0.3, 0.4) is 0 Å². The van der Waals surface area contributed by atoms with Crippen molar-refractivity contribution in [3.05, 3.63) is 62.8 Å². The van der Waals surface area contributed by atoms with Crippen molar-refractivity contribution in [2.45, 2.75) is 6.92 Å². The third-order valence-corrected chi connectivity index (χ3v) is 3.58. The molecule has 0 aliphatic carbocycles. The van der Waals surface area contributed by atoms with Crippen LogP contribution in [0.1, 0.15) is 11.1 Å². The number of aryl methyl sites for hydroxylation is 1. The Morgan fingerprint density at radius 1 is 1.39 bits per heavy atom. The molecule has 1 N–H and O–H groups in total. The van der Waals surface area contributed by atoms with Crippen molar-refractivity contribution in [2.24, 2.45) is 5.10 Å². The van der Waals surface area contributed by atoms with Crippen LogP contribution in [0.15, 0.2) is 46.0 Å². The van der Waals surface area contributed by atoms with E-state index in [2.05, 4.69) is 26.5 Å². The number of hydrogen-bond donors (Lipinski definition) is 1. The van der Waals surface area contributed by atoms with Crippen LogP contribution in [0, 0.1) is 12.7 Å². The van der Waals surface area contributed by atoms with Gasteiger partial charge in [0.1, 0.15) is 11.6 Å². The zero-order valence-corrected chi connectivity index (χ0v) is 14.5. The molecule has 0 unspecified atom stereocenters. The molecule has 2 rings (SSSR count). The normalized spacial score (nSPS) is 10.8. The first kappa shape index (κ1) is 17.4. The summed E-state index contributed by atoms with van der Waals surface area (Å²) in [5, 5.41) is 4.30. The van der Waals surface area contributed by atoms with Crippen LogP contribution < -0.4 is 10.2 Å². The lowest BCUT2D eigenvalue weighted by atomic mass is 10.2. The minimum absolute atomic E-state index is 0.208. The summed E-state index contributed by atoms with van der Waals surface area (Å²) in [5.74, 6) is -0.322. The molecule has 0 saturated carbocycles. The second-order valence-electron chi connectivity index (χ2n) is 4.66. The van der Waals surface area contributed by atoms with Crippen LogP contribution in [0.4, 0.5) is 4.39 Å². The maximum absolute atomic E-state index is 13.5. The summed E-state index contributed by atoms with van der Waals surface area (Å²) in [4.78, 5) is 11.7. The van der Waals surface area contributed by atoms with Crippen molar-refractivity contribution in [3.63, 3.8) is 0 Å². The molecule has 2 aromatic rings. The van der Waals surface area contributed by atoms with Gasteiger partial charge in [0.15, 0.2) is 6.61 Å². The van der Waals surface area contributed by atoms with E-state index in [1.54, 1.807) is 30.3 Å². The van der Waals surface area contributed by atoms with Gasteiger partial charge in [-0.2, -0.15) is 5.10 Å². The van der Waals surface area contributed by atoms with Gasteiger partial charge in [-0.25, -0.2) is 9.82 Å². The minimum Gasteiger partial charge on any atom is -0.483 e. The average Bonchev–Trinajstić information content (AvgIpc) is 2.50. The topological polar surface area (TPSA) is 50.7 Å². The van der Waals surface area contributed by atoms with E-state index >= 15 is 0 Å². The van der Waals surface area contributed by atoms with Crippen molar-refractivity contribution < 1.29 is 13.9 Å². The van der Waals surface area contributed by atoms with Gasteiger partial charge in [0.25, 0.3) is 5.91 Å². The molecule has 4 nitrogen and oxygen atoms in total. The van der Waals surface area contributed by atoms with Crippen molar-refractivity contribution in [1.82, 2.24) is 5.43 Å². The first-order valence-corrected chi connectivity index (χ1v) is 7.78. The molecule has 0 heterocycles. The standard InChI is InChI=1S/C16H13BrClFN2O2/c1-10-6-13(18)3-5-15(10)23-9-16(22)21-20-8-11-7-12(17)2-4-14(11)19/h2-8H,9H2,1H3,(H,21,22)/b20-8-. The minimum atomic E-state index is -0.453. The lowest BCUT2D eigenvalue weighted by Crippen LogP contribution is -2.24. The molecule has 1 amide bonds. The summed E-state index contributed by atoms with van der Waals surface area (Å²) in [6.07, 6.45) is 1.23. The molecule has 0 aliphatic heterocycles. The Bertz CT molecular complexity index is 753. The van der Waals surface area contributed by atoms with Gasteiger partial charge >= 0.3 is 0 Å². The third kappa shape index (κ3) is 5.33. The van der Waals surface area contributed by atoms with E-state index in [4.69, 9.17) is 16.3 Å². The maximum Gasteiger partial charge on any atom is 0.277 e. The lowest BCUT2D eigenvalue weighted by Gasteiger charge is -2.08. The van der Waals surface area contributed by atoms with Gasteiger partial charge in [-0.05, 0) is 48.9 Å². The van der Waals surface area contributed by atoms with Gasteiger partial charge in [0, 0.05) is 15.1 Å². The fourth-order valence-electron chi connectivity index (χ4n) is 1.74. The average molecular weight is 400 g/mol. The second-order valence-corrected chi connectivity index (χ2v) is 6.01. The highest BCUT2D eigenvalue weighted by Crippen LogP contribution is 2.21. The predicted molar refractivity (Wildman–Crippen MR) is 91.5 cm³/mol. The molecule has 120 valence electrons.